The van der Waals surface area contributed by atoms with Crippen LogP contribution in [0.25, 0.3) is 11.1 Å². The first-order chi connectivity index (χ1) is 14.0. The first-order valence-corrected chi connectivity index (χ1v) is 9.69. The standard InChI is InChI=1S/C21H21FN4O3/c1-11-7-14-17(9-23-21(14)27)25-20(11)26-6-5-18(15(22)10-26)29-13-3-4-16-19(8-13)28-12(2)24-16/h3-4,7-8,15,18H,5-6,9-10H2,1-2H3,(H,23,27)/t15-,18?/m0/s1. The summed E-state index contributed by atoms with van der Waals surface area (Å²) in [5.41, 5.74) is 3.60. The van der Waals surface area contributed by atoms with E-state index in [9.17, 15) is 9.18 Å². The van der Waals surface area contributed by atoms with Gasteiger partial charge in [0.05, 0.1) is 24.3 Å². The number of alkyl halides is 1. The second-order valence-electron chi connectivity index (χ2n) is 7.58. The van der Waals surface area contributed by atoms with Gasteiger partial charge in [-0.05, 0) is 30.7 Å². The van der Waals surface area contributed by atoms with Crippen LogP contribution in [0.3, 0.4) is 0 Å². The predicted octanol–water partition coefficient (Wildman–Crippen LogP) is 3.08. The van der Waals surface area contributed by atoms with Crippen LogP contribution in [0.4, 0.5) is 10.2 Å². The van der Waals surface area contributed by atoms with Crippen LogP contribution >= 0.6 is 0 Å². The number of hydrogen-bond donors (Lipinski definition) is 1. The van der Waals surface area contributed by atoms with Crippen molar-refractivity contribution >= 4 is 22.8 Å². The van der Waals surface area contributed by atoms with Crippen LogP contribution in [0, 0.1) is 13.8 Å². The molecule has 0 spiro atoms. The van der Waals surface area contributed by atoms with E-state index in [0.29, 0.717) is 42.3 Å². The van der Waals surface area contributed by atoms with E-state index in [1.54, 1.807) is 19.1 Å². The second kappa shape index (κ2) is 6.72. The van der Waals surface area contributed by atoms with Crippen molar-refractivity contribution < 1.29 is 18.3 Å². The molecular weight excluding hydrogens is 375 g/mol. The van der Waals surface area contributed by atoms with Crippen molar-refractivity contribution in [3.8, 4) is 5.75 Å². The maximum Gasteiger partial charge on any atom is 0.253 e. The number of carbonyl (C=O) groups is 1. The Bertz CT molecular complexity index is 1110. The molecule has 2 aliphatic heterocycles. The van der Waals surface area contributed by atoms with Crippen LogP contribution in [0.2, 0.25) is 0 Å². The van der Waals surface area contributed by atoms with E-state index < -0.39 is 12.3 Å². The van der Waals surface area contributed by atoms with E-state index in [0.717, 1.165) is 22.6 Å². The lowest BCUT2D eigenvalue weighted by atomic mass is 10.0. The molecule has 1 unspecified atom stereocenters. The lowest BCUT2D eigenvalue weighted by Gasteiger charge is -2.36. The number of nitrogens with one attached hydrogen (secondary N) is 1. The summed E-state index contributed by atoms with van der Waals surface area (Å²) in [6.45, 7) is 4.93. The fourth-order valence-corrected chi connectivity index (χ4v) is 4.03. The monoisotopic (exact) mass is 396 g/mol. The largest absolute Gasteiger partial charge is 0.487 e. The van der Waals surface area contributed by atoms with E-state index >= 15 is 0 Å². The van der Waals surface area contributed by atoms with Gasteiger partial charge in [-0.15, -0.1) is 0 Å². The number of rotatable bonds is 3. The molecule has 0 aliphatic carbocycles. The number of fused-ring (bicyclic) bond motifs is 2. The zero-order valence-corrected chi connectivity index (χ0v) is 16.2. The van der Waals surface area contributed by atoms with Gasteiger partial charge in [-0.25, -0.2) is 14.4 Å². The highest BCUT2D eigenvalue weighted by atomic mass is 19.1. The van der Waals surface area contributed by atoms with Gasteiger partial charge in [0.15, 0.2) is 17.6 Å². The summed E-state index contributed by atoms with van der Waals surface area (Å²) in [6, 6.07) is 7.20. The quantitative estimate of drug-likeness (QED) is 0.733. The number of aryl methyl sites for hydroxylation is 2. The molecule has 8 heteroatoms. The van der Waals surface area contributed by atoms with Crippen LogP contribution in [0.5, 0.6) is 5.75 Å². The highest BCUT2D eigenvalue weighted by molar-refractivity contribution is 5.98. The summed E-state index contributed by atoms with van der Waals surface area (Å²) in [7, 11) is 0. The number of benzene rings is 1. The summed E-state index contributed by atoms with van der Waals surface area (Å²) < 4.78 is 26.4. The van der Waals surface area contributed by atoms with E-state index in [-0.39, 0.29) is 12.5 Å². The highest BCUT2D eigenvalue weighted by Gasteiger charge is 2.33. The van der Waals surface area contributed by atoms with Gasteiger partial charge in [0.2, 0.25) is 0 Å². The number of hydrogen-bond acceptors (Lipinski definition) is 6. The first-order valence-electron chi connectivity index (χ1n) is 9.69. The number of nitrogens with zero attached hydrogens (tertiary/aromatic N) is 3. The molecule has 1 N–H and O–H groups in total. The zero-order chi connectivity index (χ0) is 20.1. The molecule has 1 aromatic carbocycles. The molecule has 2 aliphatic rings. The third-order valence-electron chi connectivity index (χ3n) is 5.46. The lowest BCUT2D eigenvalue weighted by molar-refractivity contribution is 0.0819. The molecule has 29 heavy (non-hydrogen) atoms. The van der Waals surface area contributed by atoms with Gasteiger partial charge >= 0.3 is 0 Å². The minimum absolute atomic E-state index is 0.100. The smallest absolute Gasteiger partial charge is 0.253 e. The van der Waals surface area contributed by atoms with Crippen molar-refractivity contribution in [1.82, 2.24) is 15.3 Å². The molecule has 0 bridgehead atoms. The van der Waals surface area contributed by atoms with Crippen molar-refractivity contribution in [3.63, 3.8) is 0 Å². The number of aromatic nitrogens is 2. The van der Waals surface area contributed by atoms with Crippen LogP contribution in [-0.2, 0) is 6.54 Å². The van der Waals surface area contributed by atoms with E-state index in [1.807, 2.05) is 24.0 Å². The molecule has 7 nitrogen and oxygen atoms in total. The third kappa shape index (κ3) is 3.18. The molecule has 1 fully saturated rings. The van der Waals surface area contributed by atoms with Crippen molar-refractivity contribution in [2.75, 3.05) is 18.0 Å². The molecule has 3 aromatic rings. The summed E-state index contributed by atoms with van der Waals surface area (Å²) in [6.07, 6.45) is -1.17. The zero-order valence-electron chi connectivity index (χ0n) is 16.2. The molecule has 5 rings (SSSR count). The molecule has 0 saturated carbocycles. The van der Waals surface area contributed by atoms with Crippen molar-refractivity contribution in [3.05, 3.63) is 47.0 Å². The minimum Gasteiger partial charge on any atom is -0.487 e. The first kappa shape index (κ1) is 17.9. The van der Waals surface area contributed by atoms with Gasteiger partial charge in [0.25, 0.3) is 5.91 Å². The number of ether oxygens (including phenoxy) is 1. The molecule has 1 amide bonds. The molecule has 2 aromatic heterocycles. The van der Waals surface area contributed by atoms with Gasteiger partial charge in [-0.1, -0.05) is 0 Å². The number of amides is 1. The van der Waals surface area contributed by atoms with Crippen LogP contribution < -0.4 is 15.0 Å². The third-order valence-corrected chi connectivity index (χ3v) is 5.46. The molecular formula is C21H21FN4O3. The Labute approximate surface area is 166 Å². The van der Waals surface area contributed by atoms with E-state index in [1.165, 1.54) is 0 Å². The van der Waals surface area contributed by atoms with E-state index in [2.05, 4.69) is 15.3 Å². The van der Waals surface area contributed by atoms with Crippen LogP contribution in [-0.4, -0.2) is 41.2 Å². The summed E-state index contributed by atoms with van der Waals surface area (Å²) in [5, 5.41) is 2.77. The normalized spacial score (nSPS) is 21.3. The van der Waals surface area contributed by atoms with Crippen molar-refractivity contribution in [2.45, 2.75) is 39.1 Å². The molecule has 2 atom stereocenters. The van der Waals surface area contributed by atoms with E-state index in [4.69, 9.17) is 9.15 Å². The average molecular weight is 396 g/mol. The van der Waals surface area contributed by atoms with Crippen molar-refractivity contribution in [2.24, 2.45) is 0 Å². The number of piperidine rings is 1. The number of oxazole rings is 1. The second-order valence-corrected chi connectivity index (χ2v) is 7.58. The lowest BCUT2D eigenvalue weighted by Crippen LogP contribution is -2.47. The minimum atomic E-state index is -1.16. The number of pyridine rings is 1. The maximum absolute atomic E-state index is 15.0. The maximum atomic E-state index is 15.0. The summed E-state index contributed by atoms with van der Waals surface area (Å²) in [5.74, 6) is 1.80. The number of halogens is 1. The Morgan fingerprint density at radius 1 is 1.28 bits per heavy atom. The van der Waals surface area contributed by atoms with Crippen LogP contribution in [0.1, 0.15) is 33.9 Å². The Hall–Kier alpha value is -3.16. The number of carbonyl (C=O) groups excluding carboxylic acids is 1. The molecule has 150 valence electrons. The topological polar surface area (TPSA) is 80.5 Å². The van der Waals surface area contributed by atoms with Gasteiger partial charge in [-0.3, -0.25) is 4.79 Å². The van der Waals surface area contributed by atoms with Gasteiger partial charge in [0.1, 0.15) is 23.2 Å². The molecule has 1 saturated heterocycles. The summed E-state index contributed by atoms with van der Waals surface area (Å²) >= 11 is 0. The molecule has 0 radical (unpaired) electrons. The molecule has 4 heterocycles. The Morgan fingerprint density at radius 3 is 2.97 bits per heavy atom. The van der Waals surface area contributed by atoms with Gasteiger partial charge < -0.3 is 19.4 Å². The SMILES string of the molecule is Cc1nc2ccc(OC3CCN(c4nc5c(cc4C)C(=O)NC5)C[C@@H]3F)cc2o1. The van der Waals surface area contributed by atoms with Gasteiger partial charge in [0, 0.05) is 26.0 Å². The average Bonchev–Trinajstić information content (AvgIpc) is 3.24. The summed E-state index contributed by atoms with van der Waals surface area (Å²) in [4.78, 5) is 22.6. The Kier molecular flexibility index (Phi) is 4.15. The fourth-order valence-electron chi connectivity index (χ4n) is 4.03. The highest BCUT2D eigenvalue weighted by Crippen LogP contribution is 2.29. The fraction of sp³-hybridized carbons (Fsp3) is 0.381. The Morgan fingerprint density at radius 2 is 2.14 bits per heavy atom. The van der Waals surface area contributed by atoms with Crippen LogP contribution in [0.15, 0.2) is 28.7 Å². The van der Waals surface area contributed by atoms with Gasteiger partial charge in [-0.2, -0.15) is 0 Å². The van der Waals surface area contributed by atoms with Crippen molar-refractivity contribution in [1.29, 1.82) is 0 Å². The number of anilines is 1. The Balaban J connectivity index is 1.31. The predicted molar refractivity (Wildman–Crippen MR) is 105 cm³/mol.